The van der Waals surface area contributed by atoms with Crippen LogP contribution in [0.25, 0.3) is 0 Å². The highest BCUT2D eigenvalue weighted by Gasteiger charge is 2.29. The van der Waals surface area contributed by atoms with Gasteiger partial charge in [-0.05, 0) is 35.0 Å². The molecule has 134 valence electrons. The van der Waals surface area contributed by atoms with Gasteiger partial charge in [-0.25, -0.2) is 27.6 Å². The summed E-state index contributed by atoms with van der Waals surface area (Å²) in [6, 6.07) is 2.44. The number of halogens is 3. The highest BCUT2D eigenvalue weighted by molar-refractivity contribution is 9.10. The number of anilines is 1. The van der Waals surface area contributed by atoms with Gasteiger partial charge in [-0.2, -0.15) is 0 Å². The number of hydrogen-bond acceptors (Lipinski definition) is 5. The molecule has 0 amide bonds. The van der Waals surface area contributed by atoms with E-state index in [1.54, 1.807) is 0 Å². The summed E-state index contributed by atoms with van der Waals surface area (Å²) in [6.45, 7) is 1.38. The quantitative estimate of drug-likeness (QED) is 0.676. The number of carbonyl (C=O) groups is 1. The maximum absolute atomic E-state index is 14.0. The monoisotopic (exact) mass is 451 g/mol. The van der Waals surface area contributed by atoms with Crippen molar-refractivity contribution >= 4 is 49.3 Å². The number of carboxylic acids is 1. The Balaban J connectivity index is 2.52. The summed E-state index contributed by atoms with van der Waals surface area (Å²) in [5.74, 6) is -3.32. The van der Waals surface area contributed by atoms with E-state index in [4.69, 9.17) is 11.6 Å². The van der Waals surface area contributed by atoms with E-state index in [-0.39, 0.29) is 22.9 Å². The summed E-state index contributed by atoms with van der Waals surface area (Å²) in [4.78, 5) is 18.7. The third kappa shape index (κ3) is 4.07. The lowest BCUT2D eigenvalue weighted by molar-refractivity contribution is 0.0691. The number of hydrogen-bond donors (Lipinski definition) is 1. The van der Waals surface area contributed by atoms with Gasteiger partial charge in [0, 0.05) is 29.0 Å². The van der Waals surface area contributed by atoms with Gasteiger partial charge in [0.25, 0.3) is 0 Å². The van der Waals surface area contributed by atoms with Crippen LogP contribution in [-0.4, -0.2) is 36.0 Å². The molecule has 1 N–H and O–H groups in total. The number of rotatable bonds is 6. The second-order valence-corrected chi connectivity index (χ2v) is 7.90. The molecule has 0 aliphatic carbocycles. The summed E-state index contributed by atoms with van der Waals surface area (Å²) in [5, 5.41) is 9.11. The van der Waals surface area contributed by atoms with Crippen molar-refractivity contribution in [1.82, 2.24) is 9.97 Å². The predicted octanol–water partition coefficient (Wildman–Crippen LogP) is 3.09. The van der Waals surface area contributed by atoms with Crippen LogP contribution in [0.2, 0.25) is 5.02 Å². The Bertz CT molecular complexity index is 926. The molecule has 0 aliphatic rings. The molecule has 1 aromatic carbocycles. The Hall–Kier alpha value is -1.78. The normalized spacial score (nSPS) is 11.4. The van der Waals surface area contributed by atoms with Gasteiger partial charge in [-0.15, -0.1) is 0 Å². The minimum Gasteiger partial charge on any atom is -0.476 e. The van der Waals surface area contributed by atoms with E-state index in [2.05, 4.69) is 25.9 Å². The Morgan fingerprint density at radius 1 is 1.36 bits per heavy atom. The zero-order chi connectivity index (χ0) is 18.8. The molecule has 0 radical (unpaired) electrons. The number of aromatic nitrogens is 2. The highest BCUT2D eigenvalue weighted by Crippen LogP contribution is 2.31. The molecule has 0 bridgehead atoms. The van der Waals surface area contributed by atoms with Gasteiger partial charge in [-0.3, -0.25) is 4.31 Å². The van der Waals surface area contributed by atoms with Crippen molar-refractivity contribution in [3.05, 3.63) is 51.1 Å². The Morgan fingerprint density at radius 2 is 2.00 bits per heavy atom. The summed E-state index contributed by atoms with van der Waals surface area (Å²) in [6.07, 6.45) is 2.31. The van der Waals surface area contributed by atoms with Gasteiger partial charge < -0.3 is 5.11 Å². The molecule has 1 heterocycles. The smallest absolute Gasteiger partial charge is 0.358 e. The first-order chi connectivity index (χ1) is 11.7. The van der Waals surface area contributed by atoms with Crippen LogP contribution in [0.3, 0.4) is 0 Å². The van der Waals surface area contributed by atoms with E-state index in [9.17, 15) is 22.7 Å². The van der Waals surface area contributed by atoms with Crippen molar-refractivity contribution in [3.8, 4) is 0 Å². The van der Waals surface area contributed by atoms with Crippen LogP contribution >= 0.6 is 27.5 Å². The lowest BCUT2D eigenvalue weighted by Crippen LogP contribution is -2.34. The van der Waals surface area contributed by atoms with Crippen LogP contribution in [0.4, 0.5) is 10.2 Å². The van der Waals surface area contributed by atoms with Crippen LogP contribution in [0.15, 0.2) is 29.0 Å². The molecule has 0 atom stereocenters. The molecule has 0 fully saturated rings. The maximum atomic E-state index is 14.0. The Morgan fingerprint density at radius 3 is 2.60 bits per heavy atom. The van der Waals surface area contributed by atoms with Gasteiger partial charge in [0.2, 0.25) is 10.0 Å². The molecule has 7 nitrogen and oxygen atoms in total. The standard InChI is InChI=1S/C14H12BrClFN3O4S/c1-2-20(13-12(14(21)22)18-5-6-19-13)25(23,24)7-8-10(17)4-3-9(15)11(8)16/h3-6H,2,7H2,1H3,(H,21,22). The molecule has 0 saturated carbocycles. The topological polar surface area (TPSA) is 100 Å². The summed E-state index contributed by atoms with van der Waals surface area (Å²) >= 11 is 9.10. The molecule has 2 rings (SSSR count). The second-order valence-electron chi connectivity index (χ2n) is 4.78. The first-order valence-corrected chi connectivity index (χ1v) is 9.64. The van der Waals surface area contributed by atoms with Crippen molar-refractivity contribution in [3.63, 3.8) is 0 Å². The largest absolute Gasteiger partial charge is 0.476 e. The van der Waals surface area contributed by atoms with Crippen LogP contribution in [-0.2, 0) is 15.8 Å². The molecular weight excluding hydrogens is 441 g/mol. The summed E-state index contributed by atoms with van der Waals surface area (Å²) < 4.78 is 40.6. The third-order valence-corrected chi connectivity index (χ3v) is 6.28. The molecule has 0 spiro atoms. The Labute approximate surface area is 156 Å². The van der Waals surface area contributed by atoms with E-state index < -0.39 is 33.3 Å². The summed E-state index contributed by atoms with van der Waals surface area (Å²) in [7, 11) is -4.17. The number of benzene rings is 1. The van der Waals surface area contributed by atoms with E-state index in [1.165, 1.54) is 19.2 Å². The second kappa shape index (κ2) is 7.63. The lowest BCUT2D eigenvalue weighted by atomic mass is 10.2. The SMILES string of the molecule is CCN(c1nccnc1C(=O)O)S(=O)(=O)Cc1c(F)ccc(Br)c1Cl. The van der Waals surface area contributed by atoms with Crippen LogP contribution in [0, 0.1) is 5.82 Å². The minimum absolute atomic E-state index is 0.0720. The van der Waals surface area contributed by atoms with Crippen molar-refractivity contribution in [1.29, 1.82) is 0 Å². The van der Waals surface area contributed by atoms with E-state index in [1.807, 2.05) is 0 Å². The molecule has 0 unspecified atom stereocenters. The fourth-order valence-corrected chi connectivity index (χ4v) is 4.37. The zero-order valence-corrected chi connectivity index (χ0v) is 15.9. The van der Waals surface area contributed by atoms with Gasteiger partial charge in [0.15, 0.2) is 11.5 Å². The number of aromatic carboxylic acids is 1. The van der Waals surface area contributed by atoms with Crippen molar-refractivity contribution < 1.29 is 22.7 Å². The van der Waals surface area contributed by atoms with Gasteiger partial charge in [0.1, 0.15) is 5.82 Å². The summed E-state index contributed by atoms with van der Waals surface area (Å²) in [5.41, 5.74) is -0.746. The number of nitrogens with zero attached hydrogens (tertiary/aromatic N) is 3. The van der Waals surface area contributed by atoms with Gasteiger partial charge in [0.05, 0.1) is 10.8 Å². The molecule has 2 aromatic rings. The zero-order valence-electron chi connectivity index (χ0n) is 12.8. The third-order valence-electron chi connectivity index (χ3n) is 3.21. The average molecular weight is 453 g/mol. The molecule has 11 heteroatoms. The van der Waals surface area contributed by atoms with Crippen molar-refractivity contribution in [2.24, 2.45) is 0 Å². The maximum Gasteiger partial charge on any atom is 0.358 e. The van der Waals surface area contributed by atoms with Crippen LogP contribution in [0.5, 0.6) is 0 Å². The predicted molar refractivity (Wildman–Crippen MR) is 93.7 cm³/mol. The van der Waals surface area contributed by atoms with E-state index in [0.717, 1.165) is 16.6 Å². The number of sulfonamides is 1. The van der Waals surface area contributed by atoms with E-state index >= 15 is 0 Å². The fraction of sp³-hybridized carbons (Fsp3) is 0.214. The molecule has 1 aromatic heterocycles. The van der Waals surface area contributed by atoms with Gasteiger partial charge in [-0.1, -0.05) is 11.6 Å². The molecule has 0 aliphatic heterocycles. The van der Waals surface area contributed by atoms with Crippen molar-refractivity contribution in [2.45, 2.75) is 12.7 Å². The average Bonchev–Trinajstić information content (AvgIpc) is 2.56. The molecular formula is C14H12BrClFN3O4S. The minimum atomic E-state index is -4.17. The van der Waals surface area contributed by atoms with Crippen LogP contribution in [0.1, 0.15) is 23.0 Å². The first kappa shape index (κ1) is 19.5. The first-order valence-electron chi connectivity index (χ1n) is 6.86. The lowest BCUT2D eigenvalue weighted by Gasteiger charge is -2.23. The molecule has 25 heavy (non-hydrogen) atoms. The highest BCUT2D eigenvalue weighted by atomic mass is 79.9. The van der Waals surface area contributed by atoms with Crippen LogP contribution < -0.4 is 4.31 Å². The fourth-order valence-electron chi connectivity index (χ4n) is 2.10. The van der Waals surface area contributed by atoms with Crippen molar-refractivity contribution in [2.75, 3.05) is 10.8 Å². The van der Waals surface area contributed by atoms with E-state index in [0.29, 0.717) is 4.47 Å². The Kier molecular flexibility index (Phi) is 5.96. The van der Waals surface area contributed by atoms with Gasteiger partial charge >= 0.3 is 5.97 Å². The molecule has 0 saturated heterocycles. The number of carboxylic acid groups (broad SMARTS) is 1.